The van der Waals surface area contributed by atoms with E-state index in [1.54, 1.807) is 0 Å². The van der Waals surface area contributed by atoms with Crippen molar-refractivity contribution < 1.29 is 4.79 Å². The van der Waals surface area contributed by atoms with Crippen molar-refractivity contribution in [3.05, 3.63) is 96.2 Å². The number of para-hydroxylation sites is 2. The lowest BCUT2D eigenvalue weighted by Crippen LogP contribution is -2.47. The predicted octanol–water partition coefficient (Wildman–Crippen LogP) is 4.67. The predicted molar refractivity (Wildman–Crippen MR) is 150 cm³/mol. The molecule has 1 fully saturated rings. The Kier molecular flexibility index (Phi) is 5.78. The number of amides is 1. The molecule has 2 aromatic heterocycles. The fourth-order valence-electron chi connectivity index (χ4n) is 5.92. The molecule has 1 aliphatic heterocycles. The molecule has 0 saturated carbocycles. The Hall–Kier alpha value is -4.23. The summed E-state index contributed by atoms with van der Waals surface area (Å²) in [7, 11) is 0. The summed E-state index contributed by atoms with van der Waals surface area (Å²) >= 11 is 0. The number of rotatable bonds is 6. The van der Waals surface area contributed by atoms with Crippen LogP contribution in [0.5, 0.6) is 0 Å². The fraction of sp³-hybridized carbons (Fsp3) is 0.258. The van der Waals surface area contributed by atoms with Gasteiger partial charge in [0.1, 0.15) is 5.82 Å². The van der Waals surface area contributed by atoms with Crippen LogP contribution in [0.1, 0.15) is 30.0 Å². The number of aromatic nitrogens is 3. The molecular weight excluding hydrogens is 472 g/mol. The SMILES string of the molecule is O=C(CCCN1CCN(c2ccn3c(n2)nc2ccccc23)CC1)NC1c2ccccc2-c2ccccc21. The van der Waals surface area contributed by atoms with Crippen molar-refractivity contribution in [1.82, 2.24) is 24.6 Å². The van der Waals surface area contributed by atoms with Crippen LogP contribution in [0.3, 0.4) is 0 Å². The van der Waals surface area contributed by atoms with E-state index in [1.807, 2.05) is 34.7 Å². The molecule has 0 radical (unpaired) electrons. The van der Waals surface area contributed by atoms with Crippen LogP contribution in [0.15, 0.2) is 85.1 Å². The van der Waals surface area contributed by atoms with Gasteiger partial charge in [-0.25, -0.2) is 4.98 Å². The molecule has 1 amide bonds. The normalized spacial score (nSPS) is 15.6. The summed E-state index contributed by atoms with van der Waals surface area (Å²) in [5.74, 6) is 1.83. The lowest BCUT2D eigenvalue weighted by Gasteiger charge is -2.35. The number of hydrogen-bond acceptors (Lipinski definition) is 5. The van der Waals surface area contributed by atoms with Crippen LogP contribution in [0, 0.1) is 0 Å². The van der Waals surface area contributed by atoms with Crippen molar-refractivity contribution in [2.24, 2.45) is 0 Å². The lowest BCUT2D eigenvalue weighted by atomic mass is 10.1. The molecule has 2 aliphatic rings. The van der Waals surface area contributed by atoms with Gasteiger partial charge in [-0.2, -0.15) is 4.98 Å². The number of imidazole rings is 1. The number of nitrogens with zero attached hydrogens (tertiary/aromatic N) is 5. The van der Waals surface area contributed by atoms with Gasteiger partial charge < -0.3 is 10.2 Å². The molecule has 38 heavy (non-hydrogen) atoms. The monoisotopic (exact) mass is 502 g/mol. The van der Waals surface area contributed by atoms with Gasteiger partial charge in [-0.15, -0.1) is 0 Å². The first kappa shape index (κ1) is 22.9. The van der Waals surface area contributed by atoms with Crippen LogP contribution >= 0.6 is 0 Å². The average molecular weight is 503 g/mol. The quantitative estimate of drug-likeness (QED) is 0.366. The molecule has 0 bridgehead atoms. The minimum Gasteiger partial charge on any atom is -0.354 e. The molecule has 1 N–H and O–H groups in total. The molecule has 0 unspecified atom stereocenters. The second kappa shape index (κ2) is 9.58. The van der Waals surface area contributed by atoms with E-state index < -0.39 is 0 Å². The average Bonchev–Trinajstić information content (AvgIpc) is 3.49. The Morgan fingerprint density at radius 1 is 0.816 bits per heavy atom. The van der Waals surface area contributed by atoms with Gasteiger partial charge in [-0.1, -0.05) is 60.7 Å². The van der Waals surface area contributed by atoms with Crippen LogP contribution in [0.25, 0.3) is 27.9 Å². The Morgan fingerprint density at radius 2 is 1.50 bits per heavy atom. The highest BCUT2D eigenvalue weighted by Crippen LogP contribution is 2.43. The highest BCUT2D eigenvalue weighted by Gasteiger charge is 2.29. The number of piperazine rings is 1. The third kappa shape index (κ3) is 4.09. The summed E-state index contributed by atoms with van der Waals surface area (Å²) in [6, 6.07) is 26.9. The van der Waals surface area contributed by atoms with E-state index in [0.717, 1.165) is 61.8 Å². The lowest BCUT2D eigenvalue weighted by molar-refractivity contribution is -0.121. The van der Waals surface area contributed by atoms with E-state index >= 15 is 0 Å². The van der Waals surface area contributed by atoms with Crippen molar-refractivity contribution in [3.63, 3.8) is 0 Å². The summed E-state index contributed by atoms with van der Waals surface area (Å²) < 4.78 is 2.04. The first-order chi connectivity index (χ1) is 18.7. The molecule has 1 aliphatic carbocycles. The first-order valence-electron chi connectivity index (χ1n) is 13.4. The molecule has 0 spiro atoms. The third-order valence-corrected chi connectivity index (χ3v) is 7.88. The summed E-state index contributed by atoms with van der Waals surface area (Å²) in [4.78, 5) is 27.2. The largest absolute Gasteiger partial charge is 0.354 e. The van der Waals surface area contributed by atoms with Gasteiger partial charge in [0.15, 0.2) is 0 Å². The summed E-state index contributed by atoms with van der Waals surface area (Å²) in [6.07, 6.45) is 3.46. The van der Waals surface area contributed by atoms with Crippen molar-refractivity contribution in [2.45, 2.75) is 18.9 Å². The van der Waals surface area contributed by atoms with Gasteiger partial charge in [-0.05, 0) is 53.4 Å². The third-order valence-electron chi connectivity index (χ3n) is 7.88. The highest BCUT2D eigenvalue weighted by atomic mass is 16.1. The van der Waals surface area contributed by atoms with Crippen molar-refractivity contribution in [1.29, 1.82) is 0 Å². The number of fused-ring (bicyclic) bond motifs is 6. The van der Waals surface area contributed by atoms with Crippen molar-refractivity contribution in [3.8, 4) is 11.1 Å². The van der Waals surface area contributed by atoms with Gasteiger partial charge >= 0.3 is 0 Å². The number of nitrogens with one attached hydrogen (secondary N) is 1. The number of hydrogen-bond donors (Lipinski definition) is 1. The first-order valence-corrected chi connectivity index (χ1v) is 13.4. The van der Waals surface area contributed by atoms with Gasteiger partial charge in [-0.3, -0.25) is 14.1 Å². The molecule has 5 aromatic rings. The van der Waals surface area contributed by atoms with E-state index in [0.29, 0.717) is 6.42 Å². The maximum atomic E-state index is 12.9. The van der Waals surface area contributed by atoms with Crippen LogP contribution in [0.2, 0.25) is 0 Å². The van der Waals surface area contributed by atoms with E-state index in [4.69, 9.17) is 4.98 Å². The topological polar surface area (TPSA) is 65.8 Å². The minimum atomic E-state index is -0.0593. The van der Waals surface area contributed by atoms with Gasteiger partial charge in [0.2, 0.25) is 11.7 Å². The molecule has 7 nitrogen and oxygen atoms in total. The van der Waals surface area contributed by atoms with Gasteiger partial charge in [0.05, 0.1) is 17.1 Å². The van der Waals surface area contributed by atoms with Crippen LogP contribution in [-0.2, 0) is 4.79 Å². The van der Waals surface area contributed by atoms with Gasteiger partial charge in [0.25, 0.3) is 0 Å². The summed E-state index contributed by atoms with van der Waals surface area (Å²) in [5, 5.41) is 3.30. The number of benzene rings is 3. The van der Waals surface area contributed by atoms with E-state index in [1.165, 1.54) is 22.3 Å². The minimum absolute atomic E-state index is 0.0593. The maximum Gasteiger partial charge on any atom is 0.236 e. The van der Waals surface area contributed by atoms with Crippen LogP contribution < -0.4 is 10.2 Å². The standard InChI is InChI=1S/C31H30N6O/c38-29(34-30-24-10-3-1-8-22(24)23-9-2-4-11-25(23)30)14-7-16-35-18-20-36(21-19-35)28-15-17-37-27-13-6-5-12-26(27)32-31(37)33-28/h1-6,8-13,15,17,30H,7,14,16,18-21H2,(H,34,38). The van der Waals surface area contributed by atoms with Crippen LogP contribution in [-0.4, -0.2) is 57.9 Å². The molecule has 3 heterocycles. The number of anilines is 1. The van der Waals surface area contributed by atoms with E-state index in [9.17, 15) is 4.79 Å². The maximum absolute atomic E-state index is 12.9. The Labute approximate surface area is 221 Å². The molecular formula is C31H30N6O. The summed E-state index contributed by atoms with van der Waals surface area (Å²) in [5.41, 5.74) is 6.87. The molecule has 7 heteroatoms. The molecule has 3 aromatic carbocycles. The fourth-order valence-corrected chi connectivity index (χ4v) is 5.92. The van der Waals surface area contributed by atoms with Crippen molar-refractivity contribution >= 4 is 28.5 Å². The molecule has 1 saturated heterocycles. The highest BCUT2D eigenvalue weighted by molar-refractivity contribution is 5.83. The number of carbonyl (C=O) groups excluding carboxylic acids is 1. The molecule has 7 rings (SSSR count). The Balaban J connectivity index is 0.923. The van der Waals surface area contributed by atoms with E-state index in [2.05, 4.69) is 74.8 Å². The molecule has 190 valence electrons. The number of carbonyl (C=O) groups is 1. The Morgan fingerprint density at radius 3 is 2.26 bits per heavy atom. The zero-order valence-corrected chi connectivity index (χ0v) is 21.3. The zero-order chi connectivity index (χ0) is 25.5. The Bertz CT molecular complexity index is 1590. The molecule has 0 atom stereocenters. The second-order valence-electron chi connectivity index (χ2n) is 10.2. The smallest absolute Gasteiger partial charge is 0.236 e. The van der Waals surface area contributed by atoms with Gasteiger partial charge in [0, 0.05) is 38.8 Å². The zero-order valence-electron chi connectivity index (χ0n) is 21.3. The van der Waals surface area contributed by atoms with Crippen LogP contribution in [0.4, 0.5) is 5.82 Å². The summed E-state index contributed by atoms with van der Waals surface area (Å²) in [6.45, 7) is 4.70. The van der Waals surface area contributed by atoms with Crippen molar-refractivity contribution in [2.75, 3.05) is 37.6 Å². The second-order valence-corrected chi connectivity index (χ2v) is 10.2. The van der Waals surface area contributed by atoms with E-state index in [-0.39, 0.29) is 11.9 Å².